The van der Waals surface area contributed by atoms with Crippen LogP contribution in [0, 0.1) is 0 Å². The summed E-state index contributed by atoms with van der Waals surface area (Å²) in [7, 11) is 1.81. The van der Waals surface area contributed by atoms with Crippen molar-refractivity contribution in [3.05, 3.63) is 83.7 Å². The Morgan fingerprint density at radius 3 is 2.74 bits per heavy atom. The number of nitrogens with one attached hydrogen (secondary N) is 2. The lowest BCUT2D eigenvalue weighted by molar-refractivity contribution is -0.116. The van der Waals surface area contributed by atoms with E-state index in [1.165, 1.54) is 11.1 Å². The Kier molecular flexibility index (Phi) is 8.05. The normalized spacial score (nSPS) is 13.2. The van der Waals surface area contributed by atoms with Gasteiger partial charge in [0.1, 0.15) is 6.54 Å². The van der Waals surface area contributed by atoms with E-state index in [0.29, 0.717) is 6.54 Å². The maximum atomic E-state index is 12.2. The van der Waals surface area contributed by atoms with E-state index in [1.807, 2.05) is 31.3 Å². The molecule has 0 aliphatic carbocycles. The van der Waals surface area contributed by atoms with Gasteiger partial charge in [-0.05, 0) is 41.3 Å². The molecule has 2 N–H and O–H groups in total. The summed E-state index contributed by atoms with van der Waals surface area (Å²) in [4.78, 5) is 18.9. The summed E-state index contributed by atoms with van der Waals surface area (Å²) in [6.07, 6.45) is 4.45. The van der Waals surface area contributed by atoms with Crippen molar-refractivity contribution in [1.82, 2.24) is 20.0 Å². The molecule has 1 aliphatic heterocycles. The van der Waals surface area contributed by atoms with Crippen LogP contribution in [0.1, 0.15) is 16.7 Å². The van der Waals surface area contributed by atoms with Gasteiger partial charge in [-0.25, -0.2) is 0 Å². The molecule has 1 aliphatic rings. The molecule has 2 aromatic carbocycles. The number of nitrogens with zero attached hydrogens (tertiary/aromatic N) is 4. The van der Waals surface area contributed by atoms with Gasteiger partial charge in [0.25, 0.3) is 0 Å². The van der Waals surface area contributed by atoms with E-state index < -0.39 is 0 Å². The number of guanidine groups is 1. The van der Waals surface area contributed by atoms with Crippen LogP contribution in [-0.4, -0.2) is 40.1 Å². The van der Waals surface area contributed by atoms with E-state index >= 15 is 0 Å². The Balaban J connectivity index is 0.00000272. The quantitative estimate of drug-likeness (QED) is 0.302. The van der Waals surface area contributed by atoms with Crippen molar-refractivity contribution in [3.63, 3.8) is 0 Å². The van der Waals surface area contributed by atoms with E-state index in [1.54, 1.807) is 23.1 Å². The topological polar surface area (TPSA) is 74.5 Å². The highest BCUT2D eigenvalue weighted by atomic mass is 127. The minimum atomic E-state index is -0.105. The van der Waals surface area contributed by atoms with Gasteiger partial charge < -0.3 is 15.5 Å². The number of carbonyl (C=O) groups is 1. The van der Waals surface area contributed by atoms with Crippen LogP contribution in [-0.2, 0) is 30.8 Å². The van der Waals surface area contributed by atoms with Crippen LogP contribution in [0.3, 0.4) is 0 Å². The minimum absolute atomic E-state index is 0. The van der Waals surface area contributed by atoms with Crippen LogP contribution in [0.4, 0.5) is 5.69 Å². The maximum absolute atomic E-state index is 12.2. The summed E-state index contributed by atoms with van der Waals surface area (Å²) in [5, 5.41) is 10.4. The minimum Gasteiger partial charge on any atom is -0.352 e. The van der Waals surface area contributed by atoms with Gasteiger partial charge in [0.05, 0.1) is 0 Å². The molecule has 3 aromatic rings. The number of aliphatic imine (C=N–C) groups is 1. The summed E-state index contributed by atoms with van der Waals surface area (Å²) in [5.41, 5.74) is 4.62. The summed E-state index contributed by atoms with van der Waals surface area (Å²) >= 11 is 0. The van der Waals surface area contributed by atoms with Gasteiger partial charge in [0, 0.05) is 44.8 Å². The van der Waals surface area contributed by atoms with Crippen molar-refractivity contribution in [2.75, 3.05) is 18.9 Å². The average molecular weight is 530 g/mol. The number of anilines is 1. The average Bonchev–Trinajstić information content (AvgIpc) is 3.27. The van der Waals surface area contributed by atoms with Crippen molar-refractivity contribution in [3.8, 4) is 0 Å². The number of rotatable bonds is 5. The highest BCUT2D eigenvalue weighted by Gasteiger charge is 2.18. The third-order valence-corrected chi connectivity index (χ3v) is 5.17. The molecule has 0 saturated carbocycles. The summed E-state index contributed by atoms with van der Waals surface area (Å²) in [6.45, 7) is 2.63. The van der Waals surface area contributed by atoms with Crippen molar-refractivity contribution in [2.24, 2.45) is 4.99 Å². The lowest BCUT2D eigenvalue weighted by Crippen LogP contribution is -2.43. The van der Waals surface area contributed by atoms with Gasteiger partial charge in [0.2, 0.25) is 5.91 Å². The highest BCUT2D eigenvalue weighted by molar-refractivity contribution is 14.0. The second-order valence-corrected chi connectivity index (χ2v) is 7.29. The smallest absolute Gasteiger partial charge is 0.246 e. The molecular formula is C23H27IN6O. The highest BCUT2D eigenvalue weighted by Crippen LogP contribution is 2.18. The maximum Gasteiger partial charge on any atom is 0.246 e. The molecule has 162 valence electrons. The molecule has 0 saturated heterocycles. The molecule has 31 heavy (non-hydrogen) atoms. The molecular weight excluding hydrogens is 503 g/mol. The fourth-order valence-corrected chi connectivity index (χ4v) is 3.69. The van der Waals surface area contributed by atoms with Crippen molar-refractivity contribution < 1.29 is 4.79 Å². The molecule has 8 heteroatoms. The second-order valence-electron chi connectivity index (χ2n) is 7.29. The Morgan fingerprint density at radius 2 is 1.97 bits per heavy atom. The molecule has 2 heterocycles. The van der Waals surface area contributed by atoms with Gasteiger partial charge in [-0.1, -0.05) is 36.4 Å². The SMILES string of the molecule is CN=C(NCc1cccc(NC(=O)Cn2cccn2)c1)N1CCc2ccccc2C1.I. The summed E-state index contributed by atoms with van der Waals surface area (Å²) in [6, 6.07) is 18.2. The summed E-state index contributed by atoms with van der Waals surface area (Å²) < 4.78 is 1.60. The first-order chi connectivity index (χ1) is 14.7. The lowest BCUT2D eigenvalue weighted by Gasteiger charge is -2.31. The first-order valence-corrected chi connectivity index (χ1v) is 10.1. The van der Waals surface area contributed by atoms with E-state index in [2.05, 4.69) is 49.9 Å². The zero-order valence-electron chi connectivity index (χ0n) is 17.5. The van der Waals surface area contributed by atoms with Crippen LogP contribution in [0.15, 0.2) is 72.0 Å². The zero-order valence-corrected chi connectivity index (χ0v) is 19.8. The molecule has 0 fully saturated rings. The van der Waals surface area contributed by atoms with Crippen molar-refractivity contribution in [2.45, 2.75) is 26.1 Å². The Morgan fingerprint density at radius 1 is 1.13 bits per heavy atom. The van der Waals surface area contributed by atoms with Gasteiger partial charge in [-0.3, -0.25) is 14.5 Å². The van der Waals surface area contributed by atoms with Crippen LogP contribution in [0.5, 0.6) is 0 Å². The van der Waals surface area contributed by atoms with Gasteiger partial charge in [-0.2, -0.15) is 5.10 Å². The van der Waals surface area contributed by atoms with Crippen molar-refractivity contribution >= 4 is 41.5 Å². The standard InChI is InChI=1S/C23H26N6O.HI/c1-24-23(28-13-10-19-7-2-3-8-20(19)16-28)25-15-18-6-4-9-21(14-18)27-22(30)17-29-12-5-11-26-29;/h2-9,11-12,14H,10,13,15-17H2,1H3,(H,24,25)(H,27,30);1H. The number of aromatic nitrogens is 2. The summed E-state index contributed by atoms with van der Waals surface area (Å²) in [5.74, 6) is 0.782. The number of amides is 1. The number of hydrogen-bond acceptors (Lipinski definition) is 3. The largest absolute Gasteiger partial charge is 0.352 e. The van der Waals surface area contributed by atoms with Crippen LogP contribution in [0.2, 0.25) is 0 Å². The van der Waals surface area contributed by atoms with Crippen molar-refractivity contribution in [1.29, 1.82) is 0 Å². The molecule has 7 nitrogen and oxygen atoms in total. The number of hydrogen-bond donors (Lipinski definition) is 2. The molecule has 0 spiro atoms. The molecule has 0 atom stereocenters. The second kappa shape index (κ2) is 10.9. The Labute approximate surface area is 199 Å². The van der Waals surface area contributed by atoms with Crippen LogP contribution >= 0.6 is 24.0 Å². The molecule has 4 rings (SSSR count). The molecule has 0 bridgehead atoms. The van der Waals surface area contributed by atoms with Gasteiger partial charge >= 0.3 is 0 Å². The van der Waals surface area contributed by atoms with Crippen LogP contribution < -0.4 is 10.6 Å². The fraction of sp³-hybridized carbons (Fsp3) is 0.261. The van der Waals surface area contributed by atoms with E-state index in [0.717, 1.165) is 36.7 Å². The Hall–Kier alpha value is -2.88. The molecule has 1 amide bonds. The van der Waals surface area contributed by atoms with E-state index in [-0.39, 0.29) is 36.4 Å². The number of carbonyl (C=O) groups excluding carboxylic acids is 1. The number of halogens is 1. The molecule has 1 aromatic heterocycles. The number of benzene rings is 2. The monoisotopic (exact) mass is 530 g/mol. The van der Waals surface area contributed by atoms with Gasteiger partial charge in [0.15, 0.2) is 5.96 Å². The molecule has 0 radical (unpaired) electrons. The predicted octanol–water partition coefficient (Wildman–Crippen LogP) is 3.27. The third-order valence-electron chi connectivity index (χ3n) is 5.17. The van der Waals surface area contributed by atoms with E-state index in [9.17, 15) is 4.79 Å². The van der Waals surface area contributed by atoms with E-state index in [4.69, 9.17) is 0 Å². The van der Waals surface area contributed by atoms with Gasteiger partial charge in [-0.15, -0.1) is 24.0 Å². The zero-order chi connectivity index (χ0) is 20.8. The third kappa shape index (κ3) is 6.06. The fourth-order valence-electron chi connectivity index (χ4n) is 3.69. The first kappa shape index (κ1) is 22.8. The molecule has 0 unspecified atom stereocenters. The van der Waals surface area contributed by atoms with Crippen LogP contribution in [0.25, 0.3) is 0 Å². The predicted molar refractivity (Wildman–Crippen MR) is 133 cm³/mol. The first-order valence-electron chi connectivity index (χ1n) is 10.1. The Bertz CT molecular complexity index is 1030. The lowest BCUT2D eigenvalue weighted by atomic mass is 10.0. The number of fused-ring (bicyclic) bond motifs is 1.